The van der Waals surface area contributed by atoms with Crippen molar-refractivity contribution in [3.8, 4) is 0 Å². The van der Waals surface area contributed by atoms with E-state index in [1.54, 1.807) is 0 Å². The van der Waals surface area contributed by atoms with Gasteiger partial charge in [0.05, 0.1) is 11.9 Å². The second-order valence-electron chi connectivity index (χ2n) is 3.37. The minimum absolute atomic E-state index is 0. The summed E-state index contributed by atoms with van der Waals surface area (Å²) in [6.07, 6.45) is -2.64. The molecule has 0 unspecified atom stereocenters. The van der Waals surface area contributed by atoms with Crippen molar-refractivity contribution in [2.75, 3.05) is 5.73 Å². The van der Waals surface area contributed by atoms with E-state index in [9.17, 15) is 13.2 Å². The van der Waals surface area contributed by atoms with Crippen molar-refractivity contribution in [2.24, 2.45) is 0 Å². The first kappa shape index (κ1) is 14.3. The van der Waals surface area contributed by atoms with E-state index in [-0.39, 0.29) is 24.8 Å². The number of nitrogens with two attached hydrogens (primary N) is 1. The van der Waals surface area contributed by atoms with Crippen LogP contribution in [0, 0.1) is 0 Å². The first-order chi connectivity index (χ1) is 7.92. The zero-order chi connectivity index (χ0) is 12.5. The monoisotopic (exact) mass is 283 g/mol. The van der Waals surface area contributed by atoms with E-state index >= 15 is 0 Å². The van der Waals surface area contributed by atoms with E-state index in [1.165, 1.54) is 17.1 Å². The third-order valence-electron chi connectivity index (χ3n) is 1.82. The summed E-state index contributed by atoms with van der Waals surface area (Å²) < 4.78 is 42.1. The van der Waals surface area contributed by atoms with Crippen LogP contribution in [0.4, 0.5) is 18.9 Å². The summed E-state index contributed by atoms with van der Waals surface area (Å²) in [6, 6.07) is 0. The standard InChI is InChI=1S/C8H8F3N5O.ClH/c9-8(10,11)1-6-14-7(17-15-6)4-16-3-5(12)2-13-16;/h2-3H,1,4,12H2;1H. The Kier molecular flexibility index (Phi) is 4.17. The molecule has 100 valence electrons. The fraction of sp³-hybridized carbons (Fsp3) is 0.375. The van der Waals surface area contributed by atoms with Crippen molar-refractivity contribution >= 4 is 18.1 Å². The average Bonchev–Trinajstić information content (AvgIpc) is 2.74. The van der Waals surface area contributed by atoms with E-state index < -0.39 is 18.4 Å². The molecular formula is C8H9ClF3N5O. The van der Waals surface area contributed by atoms with Gasteiger partial charge in [-0.3, -0.25) is 4.68 Å². The maximum atomic E-state index is 12.0. The molecule has 0 amide bonds. The molecule has 0 spiro atoms. The highest BCUT2D eigenvalue weighted by atomic mass is 35.5. The van der Waals surface area contributed by atoms with Gasteiger partial charge in [0.25, 0.3) is 0 Å². The number of nitrogen functional groups attached to an aromatic ring is 1. The Hall–Kier alpha value is -1.77. The van der Waals surface area contributed by atoms with Crippen LogP contribution in [0.15, 0.2) is 16.9 Å². The smallest absolute Gasteiger partial charge is 0.396 e. The van der Waals surface area contributed by atoms with E-state index in [0.717, 1.165) is 0 Å². The molecule has 0 aliphatic rings. The molecule has 0 atom stereocenters. The Bertz CT molecular complexity index is 509. The fourth-order valence-electron chi connectivity index (χ4n) is 1.21. The molecule has 2 rings (SSSR count). The highest BCUT2D eigenvalue weighted by molar-refractivity contribution is 5.85. The summed E-state index contributed by atoms with van der Waals surface area (Å²) in [5.74, 6) is -0.347. The maximum absolute atomic E-state index is 12.0. The van der Waals surface area contributed by atoms with Crippen LogP contribution < -0.4 is 5.73 Å². The van der Waals surface area contributed by atoms with Gasteiger partial charge < -0.3 is 10.3 Å². The number of aromatic nitrogens is 4. The van der Waals surface area contributed by atoms with Crippen molar-refractivity contribution in [3.05, 3.63) is 24.1 Å². The van der Waals surface area contributed by atoms with Gasteiger partial charge >= 0.3 is 6.18 Å². The van der Waals surface area contributed by atoms with Crippen LogP contribution in [-0.4, -0.2) is 26.1 Å². The first-order valence-electron chi connectivity index (χ1n) is 4.58. The third-order valence-corrected chi connectivity index (χ3v) is 1.82. The highest BCUT2D eigenvalue weighted by Crippen LogP contribution is 2.19. The molecule has 6 nitrogen and oxygen atoms in total. The van der Waals surface area contributed by atoms with Crippen molar-refractivity contribution in [3.63, 3.8) is 0 Å². The largest absolute Gasteiger partial charge is 0.396 e. The van der Waals surface area contributed by atoms with E-state index in [1.807, 2.05) is 0 Å². The minimum atomic E-state index is -4.35. The predicted octanol–water partition coefficient (Wildman–Crippen LogP) is 1.42. The highest BCUT2D eigenvalue weighted by Gasteiger charge is 2.30. The molecule has 0 bridgehead atoms. The van der Waals surface area contributed by atoms with Crippen LogP contribution in [0.1, 0.15) is 11.7 Å². The second kappa shape index (κ2) is 5.25. The molecule has 0 aromatic carbocycles. The Morgan fingerprint density at radius 1 is 1.39 bits per heavy atom. The quantitative estimate of drug-likeness (QED) is 0.921. The van der Waals surface area contributed by atoms with Crippen molar-refractivity contribution in [1.29, 1.82) is 0 Å². The van der Waals surface area contributed by atoms with Crippen LogP contribution in [0.5, 0.6) is 0 Å². The van der Waals surface area contributed by atoms with Gasteiger partial charge in [-0.2, -0.15) is 23.3 Å². The molecule has 2 aromatic rings. The topological polar surface area (TPSA) is 82.8 Å². The zero-order valence-corrected chi connectivity index (χ0v) is 9.70. The molecule has 18 heavy (non-hydrogen) atoms. The number of anilines is 1. The molecular weight excluding hydrogens is 275 g/mol. The molecule has 2 heterocycles. The van der Waals surface area contributed by atoms with Crippen LogP contribution in [-0.2, 0) is 13.0 Å². The molecule has 0 saturated carbocycles. The Balaban J connectivity index is 0.00000162. The lowest BCUT2D eigenvalue weighted by Gasteiger charge is -1.99. The van der Waals surface area contributed by atoms with Crippen LogP contribution in [0.2, 0.25) is 0 Å². The maximum Gasteiger partial charge on any atom is 0.396 e. The van der Waals surface area contributed by atoms with E-state index in [4.69, 9.17) is 5.73 Å². The van der Waals surface area contributed by atoms with Crippen LogP contribution in [0.3, 0.4) is 0 Å². The van der Waals surface area contributed by atoms with Gasteiger partial charge in [-0.15, -0.1) is 12.4 Å². The van der Waals surface area contributed by atoms with E-state index in [0.29, 0.717) is 5.69 Å². The predicted molar refractivity (Wildman–Crippen MR) is 57.0 cm³/mol. The summed E-state index contributed by atoms with van der Waals surface area (Å²) in [5.41, 5.74) is 5.87. The number of nitrogens with zero attached hydrogens (tertiary/aromatic N) is 4. The van der Waals surface area contributed by atoms with Gasteiger partial charge in [-0.1, -0.05) is 5.16 Å². The van der Waals surface area contributed by atoms with E-state index in [2.05, 4.69) is 19.8 Å². The lowest BCUT2D eigenvalue weighted by Crippen LogP contribution is -2.12. The van der Waals surface area contributed by atoms with Crippen LogP contribution >= 0.6 is 12.4 Å². The Labute approximate surface area is 105 Å². The third kappa shape index (κ3) is 3.91. The SMILES string of the molecule is Cl.Nc1cnn(Cc2nc(CC(F)(F)F)no2)c1. The molecule has 0 saturated heterocycles. The van der Waals surface area contributed by atoms with Crippen LogP contribution in [0.25, 0.3) is 0 Å². The Morgan fingerprint density at radius 2 is 2.11 bits per heavy atom. The Morgan fingerprint density at radius 3 is 2.67 bits per heavy atom. The molecule has 0 radical (unpaired) electrons. The van der Waals surface area contributed by atoms with Gasteiger partial charge in [0.1, 0.15) is 13.0 Å². The normalized spacial score (nSPS) is 11.3. The summed E-state index contributed by atoms with van der Waals surface area (Å²) in [5, 5.41) is 7.06. The first-order valence-corrected chi connectivity index (χ1v) is 4.58. The summed E-state index contributed by atoms with van der Waals surface area (Å²) in [7, 11) is 0. The summed E-state index contributed by atoms with van der Waals surface area (Å²) >= 11 is 0. The van der Waals surface area contributed by atoms with Crippen molar-refractivity contribution < 1.29 is 17.7 Å². The lowest BCUT2D eigenvalue weighted by molar-refractivity contribution is -0.128. The molecule has 0 aliphatic carbocycles. The van der Waals surface area contributed by atoms with Crippen molar-refractivity contribution in [2.45, 2.75) is 19.1 Å². The number of alkyl halides is 3. The zero-order valence-electron chi connectivity index (χ0n) is 8.89. The molecule has 2 aromatic heterocycles. The minimum Gasteiger partial charge on any atom is -0.396 e. The summed E-state index contributed by atoms with van der Waals surface area (Å²) in [6.45, 7) is 0.0854. The summed E-state index contributed by atoms with van der Waals surface area (Å²) in [4.78, 5) is 3.60. The molecule has 0 aliphatic heterocycles. The number of hydrogen-bond acceptors (Lipinski definition) is 5. The number of rotatable bonds is 3. The number of hydrogen-bond donors (Lipinski definition) is 1. The molecule has 0 fully saturated rings. The van der Waals surface area contributed by atoms with Gasteiger partial charge in [-0.25, -0.2) is 0 Å². The van der Waals surface area contributed by atoms with Gasteiger partial charge in [0.15, 0.2) is 5.82 Å². The van der Waals surface area contributed by atoms with Gasteiger partial charge in [0, 0.05) is 6.20 Å². The molecule has 2 N–H and O–H groups in total. The second-order valence-corrected chi connectivity index (χ2v) is 3.37. The van der Waals surface area contributed by atoms with Crippen molar-refractivity contribution in [1.82, 2.24) is 19.9 Å². The van der Waals surface area contributed by atoms with Gasteiger partial charge in [-0.05, 0) is 0 Å². The lowest BCUT2D eigenvalue weighted by atomic mass is 10.4. The number of halogens is 4. The molecule has 10 heteroatoms. The van der Waals surface area contributed by atoms with Gasteiger partial charge in [0.2, 0.25) is 5.89 Å². The fourth-order valence-corrected chi connectivity index (χ4v) is 1.21. The average molecular weight is 284 g/mol.